The third-order valence-corrected chi connectivity index (χ3v) is 5.01. The fourth-order valence-electron chi connectivity index (χ4n) is 3.28. The van der Waals surface area contributed by atoms with Crippen LogP contribution in [0, 0.1) is 0 Å². The number of carbonyl (C=O) groups is 3. The number of Topliss-reactive ketones (excluding diaryl/α,β-unsaturated/α-hetero) is 1. The van der Waals surface area contributed by atoms with Gasteiger partial charge in [0, 0.05) is 19.2 Å². The van der Waals surface area contributed by atoms with Gasteiger partial charge in [-0.2, -0.15) is 0 Å². The standard InChI is InChI=1S/C24H23N3O7/c1-31-10-9-25-24(30)18-13-34-22(26-18)12-27-19-11-16(7-8-21(19)33-15-23(27)29)20(28)14-32-17-5-3-2-4-6-17/h2-8,11,13H,9-10,12,14-15H2,1H3,(H,25,30). The molecule has 2 heterocycles. The largest absolute Gasteiger partial charge is 0.485 e. The minimum atomic E-state index is -0.410. The molecule has 0 bridgehead atoms. The van der Waals surface area contributed by atoms with Gasteiger partial charge in [0.2, 0.25) is 5.89 Å². The van der Waals surface area contributed by atoms with Gasteiger partial charge < -0.3 is 23.9 Å². The lowest BCUT2D eigenvalue weighted by Crippen LogP contribution is -2.38. The van der Waals surface area contributed by atoms with Gasteiger partial charge in [-0.25, -0.2) is 4.98 Å². The molecule has 176 valence electrons. The molecular weight excluding hydrogens is 442 g/mol. The zero-order chi connectivity index (χ0) is 23.9. The summed E-state index contributed by atoms with van der Waals surface area (Å²) >= 11 is 0. The molecule has 0 aliphatic carbocycles. The van der Waals surface area contributed by atoms with Crippen molar-refractivity contribution in [3.63, 3.8) is 0 Å². The molecule has 1 aliphatic rings. The van der Waals surface area contributed by atoms with Gasteiger partial charge in [0.1, 0.15) is 24.3 Å². The number of oxazole rings is 1. The van der Waals surface area contributed by atoms with Crippen molar-refractivity contribution in [3.8, 4) is 11.5 Å². The Morgan fingerprint density at radius 2 is 2.00 bits per heavy atom. The van der Waals surface area contributed by atoms with Gasteiger partial charge >= 0.3 is 0 Å². The highest BCUT2D eigenvalue weighted by atomic mass is 16.5. The van der Waals surface area contributed by atoms with Crippen molar-refractivity contribution in [1.29, 1.82) is 0 Å². The second-order valence-electron chi connectivity index (χ2n) is 7.35. The molecule has 0 unspecified atom stereocenters. The van der Waals surface area contributed by atoms with Crippen LogP contribution >= 0.6 is 0 Å². The van der Waals surface area contributed by atoms with Gasteiger partial charge in [-0.3, -0.25) is 19.3 Å². The van der Waals surface area contributed by atoms with Crippen molar-refractivity contribution < 1.29 is 33.0 Å². The molecule has 0 saturated heterocycles. The van der Waals surface area contributed by atoms with E-state index in [1.807, 2.05) is 18.2 Å². The highest BCUT2D eigenvalue weighted by Gasteiger charge is 2.28. The number of carbonyl (C=O) groups excluding carboxylic acids is 3. The third kappa shape index (κ3) is 5.41. The lowest BCUT2D eigenvalue weighted by Gasteiger charge is -2.28. The summed E-state index contributed by atoms with van der Waals surface area (Å²) in [6.07, 6.45) is 1.23. The maximum atomic E-state index is 12.7. The zero-order valence-corrected chi connectivity index (χ0v) is 18.5. The average molecular weight is 465 g/mol. The SMILES string of the molecule is COCCNC(=O)c1coc(CN2C(=O)COc3ccc(C(=O)COc4ccccc4)cc32)n1. The quantitative estimate of drug-likeness (QED) is 0.358. The number of methoxy groups -OCH3 is 1. The molecule has 0 fully saturated rings. The van der Waals surface area contributed by atoms with E-state index in [0.29, 0.717) is 35.9 Å². The van der Waals surface area contributed by atoms with Crippen LogP contribution in [0.4, 0.5) is 5.69 Å². The predicted molar refractivity (Wildman–Crippen MR) is 120 cm³/mol. The van der Waals surface area contributed by atoms with Crippen LogP contribution in [0.15, 0.2) is 59.2 Å². The molecule has 34 heavy (non-hydrogen) atoms. The van der Waals surface area contributed by atoms with E-state index in [2.05, 4.69) is 10.3 Å². The van der Waals surface area contributed by atoms with Crippen LogP contribution in [-0.2, 0) is 16.1 Å². The van der Waals surface area contributed by atoms with Crippen LogP contribution in [-0.4, -0.2) is 56.1 Å². The van der Waals surface area contributed by atoms with Crippen molar-refractivity contribution >= 4 is 23.3 Å². The minimum Gasteiger partial charge on any atom is -0.485 e. The summed E-state index contributed by atoms with van der Waals surface area (Å²) in [6, 6.07) is 13.8. The molecule has 2 aromatic carbocycles. The van der Waals surface area contributed by atoms with E-state index in [1.54, 1.807) is 30.3 Å². The van der Waals surface area contributed by atoms with E-state index in [4.69, 9.17) is 18.6 Å². The summed E-state index contributed by atoms with van der Waals surface area (Å²) in [5, 5.41) is 2.65. The Labute approximate surface area is 195 Å². The Hall–Kier alpha value is -4.18. The lowest BCUT2D eigenvalue weighted by molar-refractivity contribution is -0.121. The summed E-state index contributed by atoms with van der Waals surface area (Å²) < 4.78 is 21.3. The zero-order valence-electron chi connectivity index (χ0n) is 18.5. The van der Waals surface area contributed by atoms with E-state index in [9.17, 15) is 14.4 Å². The smallest absolute Gasteiger partial charge is 0.273 e. The number of para-hydroxylation sites is 1. The number of fused-ring (bicyclic) bond motifs is 1. The first kappa shape index (κ1) is 23.0. The number of anilines is 1. The highest BCUT2D eigenvalue weighted by molar-refractivity contribution is 6.02. The number of ketones is 1. The molecule has 1 aromatic heterocycles. The van der Waals surface area contributed by atoms with Gasteiger partial charge in [0.05, 0.1) is 12.3 Å². The van der Waals surface area contributed by atoms with Crippen LogP contribution in [0.3, 0.4) is 0 Å². The maximum Gasteiger partial charge on any atom is 0.273 e. The number of hydrogen-bond acceptors (Lipinski definition) is 8. The Bertz CT molecular complexity index is 1180. The van der Waals surface area contributed by atoms with E-state index in [0.717, 1.165) is 0 Å². The van der Waals surface area contributed by atoms with Gasteiger partial charge in [-0.15, -0.1) is 0 Å². The molecule has 0 atom stereocenters. The molecule has 10 nitrogen and oxygen atoms in total. The van der Waals surface area contributed by atoms with Gasteiger partial charge in [0.25, 0.3) is 11.8 Å². The fraction of sp³-hybridized carbons (Fsp3) is 0.250. The number of hydrogen-bond donors (Lipinski definition) is 1. The maximum absolute atomic E-state index is 12.7. The Balaban J connectivity index is 1.47. The fourth-order valence-corrected chi connectivity index (χ4v) is 3.28. The van der Waals surface area contributed by atoms with Crippen molar-refractivity contribution in [1.82, 2.24) is 10.3 Å². The summed E-state index contributed by atoms with van der Waals surface area (Å²) in [5.74, 6) is 0.205. The molecule has 3 aromatic rings. The molecule has 1 aliphatic heterocycles. The van der Waals surface area contributed by atoms with Gasteiger partial charge in [0.15, 0.2) is 24.7 Å². The Morgan fingerprint density at radius 3 is 2.79 bits per heavy atom. The molecule has 0 saturated carbocycles. The molecule has 1 N–H and O–H groups in total. The number of benzene rings is 2. The van der Waals surface area contributed by atoms with Crippen molar-refractivity contribution in [2.24, 2.45) is 0 Å². The van der Waals surface area contributed by atoms with Crippen LogP contribution < -0.4 is 19.7 Å². The first-order valence-electron chi connectivity index (χ1n) is 10.5. The van der Waals surface area contributed by atoms with E-state index in [1.165, 1.54) is 18.3 Å². The highest BCUT2D eigenvalue weighted by Crippen LogP contribution is 2.34. The number of nitrogens with one attached hydrogen (secondary N) is 1. The minimum absolute atomic E-state index is 0.0291. The van der Waals surface area contributed by atoms with Crippen LogP contribution in [0.2, 0.25) is 0 Å². The van der Waals surface area contributed by atoms with Crippen molar-refractivity contribution in [3.05, 3.63) is 71.9 Å². The summed E-state index contributed by atoms with van der Waals surface area (Å²) in [6.45, 7) is 0.352. The molecule has 10 heteroatoms. The van der Waals surface area contributed by atoms with Gasteiger partial charge in [-0.05, 0) is 30.3 Å². The molecule has 2 amide bonds. The van der Waals surface area contributed by atoms with E-state index >= 15 is 0 Å². The second kappa shape index (κ2) is 10.6. The van der Waals surface area contributed by atoms with Crippen LogP contribution in [0.25, 0.3) is 0 Å². The third-order valence-electron chi connectivity index (χ3n) is 5.01. The first-order valence-corrected chi connectivity index (χ1v) is 10.5. The summed E-state index contributed by atoms with van der Waals surface area (Å²) in [5.41, 5.74) is 0.865. The van der Waals surface area contributed by atoms with Crippen molar-refractivity contribution in [2.75, 3.05) is 38.4 Å². The summed E-state index contributed by atoms with van der Waals surface area (Å²) in [7, 11) is 1.53. The predicted octanol–water partition coefficient (Wildman–Crippen LogP) is 2.24. The topological polar surface area (TPSA) is 120 Å². The van der Waals surface area contributed by atoms with E-state index < -0.39 is 5.91 Å². The first-order chi connectivity index (χ1) is 16.5. The van der Waals surface area contributed by atoms with Crippen LogP contribution in [0.5, 0.6) is 11.5 Å². The lowest BCUT2D eigenvalue weighted by atomic mass is 10.1. The van der Waals surface area contributed by atoms with Crippen molar-refractivity contribution in [2.45, 2.75) is 6.54 Å². The number of amides is 2. The molecular formula is C24H23N3O7. The van der Waals surface area contributed by atoms with Crippen LogP contribution in [0.1, 0.15) is 26.7 Å². The number of aromatic nitrogens is 1. The Kier molecular flexibility index (Phi) is 7.19. The number of rotatable bonds is 10. The normalized spacial score (nSPS) is 12.6. The summed E-state index contributed by atoms with van der Waals surface area (Å²) in [4.78, 5) is 43.0. The van der Waals surface area contributed by atoms with Gasteiger partial charge in [-0.1, -0.05) is 18.2 Å². The van der Waals surface area contributed by atoms with E-state index in [-0.39, 0.29) is 43.0 Å². The average Bonchev–Trinajstić information content (AvgIpc) is 3.33. The number of nitrogens with zero attached hydrogens (tertiary/aromatic N) is 2. The molecule has 0 radical (unpaired) electrons. The molecule has 0 spiro atoms. The number of ether oxygens (including phenoxy) is 3. The molecule has 4 rings (SSSR count). The Morgan fingerprint density at radius 1 is 1.18 bits per heavy atom. The monoisotopic (exact) mass is 465 g/mol. The second-order valence-corrected chi connectivity index (χ2v) is 7.35.